The molecule has 3 nitrogen and oxygen atoms in total. The lowest BCUT2D eigenvalue weighted by molar-refractivity contribution is 0.867. The van der Waals surface area contributed by atoms with Crippen molar-refractivity contribution in [1.29, 1.82) is 0 Å². The molecule has 0 saturated carbocycles. The molecule has 0 unspecified atom stereocenters. The summed E-state index contributed by atoms with van der Waals surface area (Å²) in [6.07, 6.45) is 0. The topological polar surface area (TPSA) is 64.4 Å². The van der Waals surface area contributed by atoms with Gasteiger partial charge in [-0.15, -0.1) is 0 Å². The molecule has 0 radical (unpaired) electrons. The molecule has 0 amide bonds. The van der Waals surface area contributed by atoms with Crippen LogP contribution in [-0.4, -0.2) is 13.0 Å². The fourth-order valence-corrected chi connectivity index (χ4v) is 0.838. The maximum atomic E-state index is 4.82. The molecular weight excluding hydrogens is 174 g/mol. The van der Waals surface area contributed by atoms with Crippen LogP contribution in [0.1, 0.15) is 25.3 Å². The van der Waals surface area contributed by atoms with Gasteiger partial charge in [0.1, 0.15) is 0 Å². The average Bonchev–Trinajstić information content (AvgIpc) is 2.20. The Morgan fingerprint density at radius 2 is 1.57 bits per heavy atom. The number of hydrogen-bond donors (Lipinski definition) is 2. The lowest BCUT2D eigenvalue weighted by atomic mass is 10.0. The van der Waals surface area contributed by atoms with Gasteiger partial charge in [-0.3, -0.25) is 4.99 Å². The summed E-state index contributed by atoms with van der Waals surface area (Å²) < 4.78 is 0. The number of aliphatic imine (C=N–C) groups is 1. The molecule has 1 rings (SSSR count). The Hall–Kier alpha value is -1.51. The first kappa shape index (κ1) is 12.5. The molecule has 0 saturated heterocycles. The Bertz CT molecular complexity index is 261. The van der Waals surface area contributed by atoms with E-state index in [1.54, 1.807) is 0 Å². The van der Waals surface area contributed by atoms with Gasteiger partial charge in [0.05, 0.1) is 0 Å². The monoisotopic (exact) mass is 193 g/mol. The highest BCUT2D eigenvalue weighted by atomic mass is 15.0. The minimum Gasteiger partial charge on any atom is -0.370 e. The largest absolute Gasteiger partial charge is 0.370 e. The highest BCUT2D eigenvalue weighted by Crippen LogP contribution is 2.11. The molecule has 0 aliphatic rings. The van der Waals surface area contributed by atoms with E-state index in [0.717, 1.165) is 0 Å². The number of benzene rings is 1. The summed E-state index contributed by atoms with van der Waals surface area (Å²) in [6, 6.07) is 10.5. The van der Waals surface area contributed by atoms with E-state index in [9.17, 15) is 0 Å². The molecule has 3 heteroatoms. The van der Waals surface area contributed by atoms with Crippen LogP contribution in [0.5, 0.6) is 0 Å². The van der Waals surface area contributed by atoms with Gasteiger partial charge in [-0.25, -0.2) is 0 Å². The molecule has 0 fully saturated rings. The van der Waals surface area contributed by atoms with Gasteiger partial charge >= 0.3 is 0 Å². The van der Waals surface area contributed by atoms with Crippen LogP contribution in [0, 0.1) is 0 Å². The molecular formula is C11H19N3. The minimum absolute atomic E-state index is 0.130. The van der Waals surface area contributed by atoms with Crippen LogP contribution in [0.25, 0.3) is 0 Å². The van der Waals surface area contributed by atoms with Crippen LogP contribution >= 0.6 is 0 Å². The van der Waals surface area contributed by atoms with Crippen molar-refractivity contribution in [3.8, 4) is 0 Å². The molecule has 0 heterocycles. The Morgan fingerprint density at radius 1 is 1.14 bits per heavy atom. The number of hydrogen-bond acceptors (Lipinski definition) is 1. The Balaban J connectivity index is 0.000000292. The van der Waals surface area contributed by atoms with Gasteiger partial charge in [0.2, 0.25) is 0 Å². The lowest BCUT2D eigenvalue weighted by Gasteiger charge is -2.01. The van der Waals surface area contributed by atoms with Crippen molar-refractivity contribution in [1.82, 2.24) is 0 Å². The van der Waals surface area contributed by atoms with Gasteiger partial charge in [0.25, 0.3) is 0 Å². The fourth-order valence-electron chi connectivity index (χ4n) is 0.838. The van der Waals surface area contributed by atoms with E-state index in [0.29, 0.717) is 5.92 Å². The van der Waals surface area contributed by atoms with Crippen LogP contribution < -0.4 is 11.5 Å². The Morgan fingerprint density at radius 3 is 1.79 bits per heavy atom. The van der Waals surface area contributed by atoms with E-state index in [2.05, 4.69) is 43.1 Å². The molecule has 1 aromatic rings. The van der Waals surface area contributed by atoms with Crippen LogP contribution in [0.15, 0.2) is 35.3 Å². The molecule has 0 atom stereocenters. The van der Waals surface area contributed by atoms with Gasteiger partial charge in [-0.1, -0.05) is 44.2 Å². The Kier molecular flexibility index (Phi) is 6.20. The predicted octanol–water partition coefficient (Wildman–Crippen LogP) is 1.70. The molecule has 0 aliphatic carbocycles. The van der Waals surface area contributed by atoms with E-state index < -0.39 is 0 Å². The number of rotatable bonds is 1. The lowest BCUT2D eigenvalue weighted by Crippen LogP contribution is -2.21. The molecule has 1 aromatic carbocycles. The standard InChI is InChI=1S/C9H12.C2H7N3/c1-8(2)9-6-4-3-5-7-9;1-5-2(3)4/h3-8H,1-2H3;1H3,(H4,3,4,5). The summed E-state index contributed by atoms with van der Waals surface area (Å²) in [6.45, 7) is 4.41. The van der Waals surface area contributed by atoms with E-state index in [1.165, 1.54) is 12.6 Å². The normalized spacial score (nSPS) is 8.86. The third kappa shape index (κ3) is 6.06. The van der Waals surface area contributed by atoms with Crippen molar-refractivity contribution >= 4 is 5.96 Å². The zero-order valence-electron chi connectivity index (χ0n) is 9.07. The van der Waals surface area contributed by atoms with Crippen LogP contribution in [0.3, 0.4) is 0 Å². The Labute approximate surface area is 85.8 Å². The number of nitrogens with zero attached hydrogens (tertiary/aromatic N) is 1. The van der Waals surface area contributed by atoms with E-state index in [-0.39, 0.29) is 5.96 Å². The maximum Gasteiger partial charge on any atom is 0.185 e. The second kappa shape index (κ2) is 6.95. The molecule has 0 aliphatic heterocycles. The molecule has 0 bridgehead atoms. The van der Waals surface area contributed by atoms with E-state index in [1.807, 2.05) is 6.07 Å². The summed E-state index contributed by atoms with van der Waals surface area (Å²) in [7, 11) is 1.54. The second-order valence-corrected chi connectivity index (χ2v) is 3.21. The van der Waals surface area contributed by atoms with Crippen LogP contribution in [-0.2, 0) is 0 Å². The highest BCUT2D eigenvalue weighted by molar-refractivity contribution is 5.75. The summed E-state index contributed by atoms with van der Waals surface area (Å²) in [4.78, 5) is 3.36. The zero-order chi connectivity index (χ0) is 11.0. The third-order valence-electron chi connectivity index (χ3n) is 1.72. The first-order valence-electron chi connectivity index (χ1n) is 4.60. The van der Waals surface area contributed by atoms with Crippen molar-refractivity contribution < 1.29 is 0 Å². The van der Waals surface area contributed by atoms with Gasteiger partial charge < -0.3 is 11.5 Å². The van der Waals surface area contributed by atoms with Crippen molar-refractivity contribution in [3.05, 3.63) is 35.9 Å². The second-order valence-electron chi connectivity index (χ2n) is 3.21. The fraction of sp³-hybridized carbons (Fsp3) is 0.364. The average molecular weight is 193 g/mol. The van der Waals surface area contributed by atoms with Gasteiger partial charge in [0, 0.05) is 7.05 Å². The van der Waals surface area contributed by atoms with Crippen LogP contribution in [0.4, 0.5) is 0 Å². The zero-order valence-corrected chi connectivity index (χ0v) is 9.07. The van der Waals surface area contributed by atoms with Gasteiger partial charge in [0.15, 0.2) is 5.96 Å². The van der Waals surface area contributed by atoms with Crippen molar-refractivity contribution in [2.75, 3.05) is 7.05 Å². The van der Waals surface area contributed by atoms with Gasteiger partial charge in [-0.2, -0.15) is 0 Å². The summed E-state index contributed by atoms with van der Waals surface area (Å²) in [5, 5.41) is 0. The number of guanidine groups is 1. The molecule has 78 valence electrons. The maximum absolute atomic E-state index is 4.82. The van der Waals surface area contributed by atoms with Crippen molar-refractivity contribution in [2.24, 2.45) is 16.5 Å². The van der Waals surface area contributed by atoms with Gasteiger partial charge in [-0.05, 0) is 11.5 Å². The SMILES string of the molecule is CC(C)c1ccccc1.CN=C(N)N. The van der Waals surface area contributed by atoms with E-state index >= 15 is 0 Å². The summed E-state index contributed by atoms with van der Waals surface area (Å²) in [5.41, 5.74) is 11.1. The first-order valence-corrected chi connectivity index (χ1v) is 4.60. The molecule has 14 heavy (non-hydrogen) atoms. The van der Waals surface area contributed by atoms with Crippen molar-refractivity contribution in [3.63, 3.8) is 0 Å². The minimum atomic E-state index is 0.130. The number of nitrogens with two attached hydrogens (primary N) is 2. The quantitative estimate of drug-likeness (QED) is 0.526. The highest BCUT2D eigenvalue weighted by Gasteiger charge is 1.93. The molecule has 4 N–H and O–H groups in total. The smallest absolute Gasteiger partial charge is 0.185 e. The van der Waals surface area contributed by atoms with Crippen LogP contribution in [0.2, 0.25) is 0 Å². The summed E-state index contributed by atoms with van der Waals surface area (Å²) in [5.74, 6) is 0.788. The van der Waals surface area contributed by atoms with E-state index in [4.69, 9.17) is 11.5 Å². The third-order valence-corrected chi connectivity index (χ3v) is 1.72. The summed E-state index contributed by atoms with van der Waals surface area (Å²) >= 11 is 0. The molecule has 0 spiro atoms. The predicted molar refractivity (Wildman–Crippen MR) is 62.3 cm³/mol. The first-order chi connectivity index (χ1) is 6.57. The van der Waals surface area contributed by atoms with Crippen molar-refractivity contribution in [2.45, 2.75) is 19.8 Å². The molecule has 0 aromatic heterocycles.